The summed E-state index contributed by atoms with van der Waals surface area (Å²) in [6.07, 6.45) is 1.80. The second kappa shape index (κ2) is 4.85. The summed E-state index contributed by atoms with van der Waals surface area (Å²) in [4.78, 5) is 17.8. The van der Waals surface area contributed by atoms with Crippen molar-refractivity contribution in [2.45, 2.75) is 38.5 Å². The van der Waals surface area contributed by atoms with Gasteiger partial charge in [0.05, 0.1) is 5.52 Å². The lowest BCUT2D eigenvalue weighted by Gasteiger charge is -2.30. The topological polar surface area (TPSA) is 45.3 Å². The number of ether oxygens (including phenoxy) is 1. The molecule has 0 bridgehead atoms. The molecule has 1 saturated heterocycles. The number of H-pyrrole nitrogens is 1. The smallest absolute Gasteiger partial charge is 0.323 e. The van der Waals surface area contributed by atoms with Gasteiger partial charge in [-0.05, 0) is 34.5 Å². The number of aromatic nitrogens is 1. The zero-order chi connectivity index (χ0) is 14.6. The molecule has 0 aliphatic carbocycles. The van der Waals surface area contributed by atoms with Gasteiger partial charge in [0.1, 0.15) is 12.1 Å². The van der Waals surface area contributed by atoms with E-state index in [1.54, 1.807) is 0 Å². The number of hydrogen-bond acceptors (Lipinski definition) is 3. The summed E-state index contributed by atoms with van der Waals surface area (Å²) in [6.45, 7) is 3.69. The van der Waals surface area contributed by atoms with Crippen molar-refractivity contribution in [3.05, 3.63) is 33.9 Å². The van der Waals surface area contributed by atoms with E-state index in [1.165, 1.54) is 16.6 Å². The first kappa shape index (κ1) is 13.3. The Labute approximate surface area is 131 Å². The minimum Gasteiger partial charge on any atom is -0.461 e. The number of cyclic esters (lactones) is 1. The highest BCUT2D eigenvalue weighted by Gasteiger charge is 2.38. The first-order valence-corrected chi connectivity index (χ1v) is 8.15. The lowest BCUT2D eigenvalue weighted by Crippen LogP contribution is -2.41. The number of halogens is 1. The van der Waals surface area contributed by atoms with Crippen molar-refractivity contribution < 1.29 is 9.53 Å². The SMILES string of the molecule is C[C@@H]1C[C@@H](N2CCc3[nH]c4c(Br)cccc4c3C2)C(=O)O1. The van der Waals surface area contributed by atoms with Gasteiger partial charge in [0, 0.05) is 41.5 Å². The summed E-state index contributed by atoms with van der Waals surface area (Å²) in [7, 11) is 0. The zero-order valence-electron chi connectivity index (χ0n) is 11.9. The minimum atomic E-state index is -0.0785. The molecular weight excluding hydrogens is 332 g/mol. The maximum atomic E-state index is 12.0. The van der Waals surface area contributed by atoms with Crippen LogP contribution in [-0.4, -0.2) is 34.5 Å². The average molecular weight is 349 g/mol. The van der Waals surface area contributed by atoms with Gasteiger partial charge in [-0.2, -0.15) is 0 Å². The van der Waals surface area contributed by atoms with Gasteiger partial charge in [-0.15, -0.1) is 0 Å². The molecule has 0 radical (unpaired) electrons. The van der Waals surface area contributed by atoms with Crippen LogP contribution < -0.4 is 0 Å². The predicted octanol–water partition coefficient (Wildman–Crippen LogP) is 2.99. The van der Waals surface area contributed by atoms with E-state index < -0.39 is 0 Å². The number of fused-ring (bicyclic) bond motifs is 3. The normalized spacial score (nSPS) is 26.1. The van der Waals surface area contributed by atoms with Gasteiger partial charge in [0.15, 0.2) is 0 Å². The molecule has 2 aromatic rings. The lowest BCUT2D eigenvalue weighted by molar-refractivity contribution is -0.145. The number of esters is 1. The fraction of sp³-hybridized carbons (Fsp3) is 0.438. The number of nitrogens with one attached hydrogen (secondary N) is 1. The summed E-state index contributed by atoms with van der Waals surface area (Å²) < 4.78 is 6.40. The van der Waals surface area contributed by atoms with E-state index in [9.17, 15) is 4.79 Å². The molecule has 2 atom stereocenters. The van der Waals surface area contributed by atoms with E-state index >= 15 is 0 Å². The monoisotopic (exact) mass is 348 g/mol. The van der Waals surface area contributed by atoms with E-state index in [1.807, 2.05) is 6.92 Å². The summed E-state index contributed by atoms with van der Waals surface area (Å²) in [6, 6.07) is 6.18. The van der Waals surface area contributed by atoms with E-state index in [0.29, 0.717) is 0 Å². The van der Waals surface area contributed by atoms with Crippen LogP contribution in [-0.2, 0) is 22.5 Å². The van der Waals surface area contributed by atoms with Crippen molar-refractivity contribution >= 4 is 32.8 Å². The summed E-state index contributed by atoms with van der Waals surface area (Å²) >= 11 is 3.60. The summed E-state index contributed by atoms with van der Waals surface area (Å²) in [5.41, 5.74) is 3.78. The third kappa shape index (κ3) is 2.10. The lowest BCUT2D eigenvalue weighted by atomic mass is 10.0. The molecule has 1 N–H and O–H groups in total. The number of hydrogen-bond donors (Lipinski definition) is 1. The molecule has 21 heavy (non-hydrogen) atoms. The maximum absolute atomic E-state index is 12.0. The standard InChI is InChI=1S/C16H17BrN2O2/c1-9-7-14(16(20)21-9)19-6-5-13-11(8-19)10-3-2-4-12(17)15(10)18-13/h2-4,9,14,18H,5-8H2,1H3/t9-,14-/m1/s1. The van der Waals surface area contributed by atoms with Crippen LogP contribution >= 0.6 is 15.9 Å². The molecule has 4 rings (SSSR count). The molecule has 4 nitrogen and oxygen atoms in total. The van der Waals surface area contributed by atoms with E-state index in [0.717, 1.165) is 35.9 Å². The summed E-state index contributed by atoms with van der Waals surface area (Å²) in [5, 5.41) is 1.25. The van der Waals surface area contributed by atoms with Crippen molar-refractivity contribution in [1.29, 1.82) is 0 Å². The second-order valence-corrected chi connectivity index (χ2v) is 6.82. The Morgan fingerprint density at radius 2 is 2.29 bits per heavy atom. The fourth-order valence-corrected chi connectivity index (χ4v) is 3.99. The third-order valence-electron chi connectivity index (χ3n) is 4.57. The van der Waals surface area contributed by atoms with Crippen LogP contribution in [0.5, 0.6) is 0 Å². The number of benzene rings is 1. The molecule has 2 aliphatic heterocycles. The first-order valence-electron chi connectivity index (χ1n) is 7.36. The maximum Gasteiger partial charge on any atom is 0.323 e. The Bertz CT molecular complexity index is 724. The number of nitrogens with zero attached hydrogens (tertiary/aromatic N) is 1. The molecule has 5 heteroatoms. The minimum absolute atomic E-state index is 0.0426. The Morgan fingerprint density at radius 1 is 1.43 bits per heavy atom. The third-order valence-corrected chi connectivity index (χ3v) is 5.24. The Morgan fingerprint density at radius 3 is 3.05 bits per heavy atom. The largest absolute Gasteiger partial charge is 0.461 e. The van der Waals surface area contributed by atoms with Crippen molar-refractivity contribution in [3.63, 3.8) is 0 Å². The number of rotatable bonds is 1. The second-order valence-electron chi connectivity index (χ2n) is 5.96. The van der Waals surface area contributed by atoms with Crippen LogP contribution in [0.25, 0.3) is 10.9 Å². The number of carbonyl (C=O) groups is 1. The molecule has 0 amide bonds. The van der Waals surface area contributed by atoms with Crippen LogP contribution in [0.1, 0.15) is 24.6 Å². The molecule has 1 fully saturated rings. The van der Waals surface area contributed by atoms with Crippen LogP contribution in [0.3, 0.4) is 0 Å². The van der Waals surface area contributed by atoms with Gasteiger partial charge in [0.25, 0.3) is 0 Å². The Hall–Kier alpha value is -1.33. The average Bonchev–Trinajstić information content (AvgIpc) is 2.99. The molecule has 3 heterocycles. The van der Waals surface area contributed by atoms with Crippen LogP contribution in [0, 0.1) is 0 Å². The van der Waals surface area contributed by atoms with E-state index in [2.05, 4.69) is 44.0 Å². The quantitative estimate of drug-likeness (QED) is 0.805. The van der Waals surface area contributed by atoms with Gasteiger partial charge < -0.3 is 9.72 Å². The van der Waals surface area contributed by atoms with Gasteiger partial charge in [-0.1, -0.05) is 12.1 Å². The molecule has 0 saturated carbocycles. The molecule has 0 spiro atoms. The van der Waals surface area contributed by atoms with Crippen molar-refractivity contribution in [2.75, 3.05) is 6.54 Å². The fourth-order valence-electron chi connectivity index (χ4n) is 3.52. The number of carbonyl (C=O) groups excluding carboxylic acids is 1. The number of aromatic amines is 1. The molecule has 1 aromatic carbocycles. The molecule has 0 unspecified atom stereocenters. The van der Waals surface area contributed by atoms with Gasteiger partial charge in [-0.25, -0.2) is 0 Å². The van der Waals surface area contributed by atoms with Gasteiger partial charge >= 0.3 is 5.97 Å². The Kier molecular flexibility index (Phi) is 3.08. The van der Waals surface area contributed by atoms with Crippen LogP contribution in [0.15, 0.2) is 22.7 Å². The van der Waals surface area contributed by atoms with Gasteiger partial charge in [-0.3, -0.25) is 9.69 Å². The van der Waals surface area contributed by atoms with E-state index in [-0.39, 0.29) is 18.1 Å². The highest BCUT2D eigenvalue weighted by Crippen LogP contribution is 2.33. The number of para-hydroxylation sites is 1. The molecular formula is C16H17BrN2O2. The molecule has 110 valence electrons. The van der Waals surface area contributed by atoms with Crippen LogP contribution in [0.2, 0.25) is 0 Å². The highest BCUT2D eigenvalue weighted by molar-refractivity contribution is 9.10. The van der Waals surface area contributed by atoms with Crippen molar-refractivity contribution in [2.24, 2.45) is 0 Å². The predicted molar refractivity (Wildman–Crippen MR) is 84.1 cm³/mol. The highest BCUT2D eigenvalue weighted by atomic mass is 79.9. The summed E-state index contributed by atoms with van der Waals surface area (Å²) in [5.74, 6) is -0.0630. The van der Waals surface area contributed by atoms with Crippen LogP contribution in [0.4, 0.5) is 0 Å². The zero-order valence-corrected chi connectivity index (χ0v) is 13.4. The van der Waals surface area contributed by atoms with E-state index in [4.69, 9.17) is 4.74 Å². The molecule has 2 aliphatic rings. The van der Waals surface area contributed by atoms with Crippen molar-refractivity contribution in [3.8, 4) is 0 Å². The molecule has 1 aromatic heterocycles. The first-order chi connectivity index (χ1) is 10.1. The van der Waals surface area contributed by atoms with Gasteiger partial charge in [0.2, 0.25) is 0 Å². The Balaban J connectivity index is 1.70. The van der Waals surface area contributed by atoms with Crippen molar-refractivity contribution in [1.82, 2.24) is 9.88 Å².